The van der Waals surface area contributed by atoms with E-state index in [9.17, 15) is 9.90 Å². The molecule has 0 radical (unpaired) electrons. The summed E-state index contributed by atoms with van der Waals surface area (Å²) in [7, 11) is 1.55. The van der Waals surface area contributed by atoms with Gasteiger partial charge in [-0.25, -0.2) is 0 Å². The van der Waals surface area contributed by atoms with E-state index in [1.165, 1.54) is 6.42 Å². The van der Waals surface area contributed by atoms with Gasteiger partial charge < -0.3 is 20.1 Å². The first kappa shape index (κ1) is 16.7. The summed E-state index contributed by atoms with van der Waals surface area (Å²) in [6, 6.07) is 0.243. The Hall–Kier alpha value is -0.650. The Labute approximate surface area is 128 Å². The Morgan fingerprint density at radius 2 is 1.95 bits per heavy atom. The van der Waals surface area contributed by atoms with Gasteiger partial charge in [-0.1, -0.05) is 19.3 Å². The van der Waals surface area contributed by atoms with E-state index < -0.39 is 5.60 Å². The standard InChI is InChI=1S/C16H30N2O3/c1-13(21-2)15(19)17-14-6-10-18(11-7-14)12-16(20)8-4-3-5-9-16/h13-14,20H,3-12H2,1-2H3,(H,17,19). The molecule has 0 aromatic heterocycles. The fourth-order valence-corrected chi connectivity index (χ4v) is 3.45. The van der Waals surface area contributed by atoms with Gasteiger partial charge in [0.15, 0.2) is 0 Å². The van der Waals surface area contributed by atoms with Crippen molar-refractivity contribution in [1.29, 1.82) is 0 Å². The Kier molecular flexibility index (Phi) is 6.02. The number of hydrogen-bond acceptors (Lipinski definition) is 4. The number of carbonyl (C=O) groups is 1. The molecule has 1 aliphatic carbocycles. The SMILES string of the molecule is COC(C)C(=O)NC1CCN(CC2(O)CCCCC2)CC1. The lowest BCUT2D eigenvalue weighted by molar-refractivity contribution is -0.131. The second kappa shape index (κ2) is 7.56. The lowest BCUT2D eigenvalue weighted by Crippen LogP contribution is -2.51. The number of nitrogens with zero attached hydrogens (tertiary/aromatic N) is 1. The predicted molar refractivity (Wildman–Crippen MR) is 82.1 cm³/mol. The molecule has 21 heavy (non-hydrogen) atoms. The van der Waals surface area contributed by atoms with Crippen molar-refractivity contribution >= 4 is 5.91 Å². The molecule has 1 atom stereocenters. The number of ether oxygens (including phenoxy) is 1. The fourth-order valence-electron chi connectivity index (χ4n) is 3.45. The molecule has 0 spiro atoms. The van der Waals surface area contributed by atoms with E-state index in [1.54, 1.807) is 14.0 Å². The van der Waals surface area contributed by atoms with Crippen molar-refractivity contribution in [3.8, 4) is 0 Å². The maximum Gasteiger partial charge on any atom is 0.249 e. The second-order valence-corrected chi connectivity index (χ2v) is 6.72. The van der Waals surface area contributed by atoms with Gasteiger partial charge in [0.1, 0.15) is 6.10 Å². The molecule has 2 aliphatic rings. The molecule has 2 fully saturated rings. The number of likely N-dealkylation sites (tertiary alicyclic amines) is 1. The third-order valence-electron chi connectivity index (χ3n) is 4.96. The molecule has 1 aliphatic heterocycles. The first-order chi connectivity index (χ1) is 10.0. The molecule has 1 unspecified atom stereocenters. The summed E-state index contributed by atoms with van der Waals surface area (Å²) >= 11 is 0. The highest BCUT2D eigenvalue weighted by molar-refractivity contribution is 5.80. The van der Waals surface area contributed by atoms with E-state index in [0.717, 1.165) is 58.2 Å². The molecule has 1 saturated carbocycles. The van der Waals surface area contributed by atoms with Gasteiger partial charge in [-0.2, -0.15) is 0 Å². The average molecular weight is 298 g/mol. The van der Waals surface area contributed by atoms with Crippen LogP contribution in [0.15, 0.2) is 0 Å². The fraction of sp³-hybridized carbons (Fsp3) is 0.938. The molecule has 1 heterocycles. The van der Waals surface area contributed by atoms with Gasteiger partial charge in [0, 0.05) is 32.8 Å². The molecule has 1 amide bonds. The average Bonchev–Trinajstić information content (AvgIpc) is 2.48. The number of nitrogens with one attached hydrogen (secondary N) is 1. The van der Waals surface area contributed by atoms with Crippen LogP contribution >= 0.6 is 0 Å². The summed E-state index contributed by atoms with van der Waals surface area (Å²) in [6.07, 6.45) is 6.97. The quantitative estimate of drug-likeness (QED) is 0.803. The van der Waals surface area contributed by atoms with Gasteiger partial charge in [0.2, 0.25) is 5.91 Å². The second-order valence-electron chi connectivity index (χ2n) is 6.72. The van der Waals surface area contributed by atoms with Crippen LogP contribution in [0.1, 0.15) is 51.9 Å². The summed E-state index contributed by atoms with van der Waals surface area (Å²) in [6.45, 7) is 4.47. The number of carbonyl (C=O) groups excluding carboxylic acids is 1. The van der Waals surface area contributed by atoms with Crippen molar-refractivity contribution in [3.63, 3.8) is 0 Å². The largest absolute Gasteiger partial charge is 0.389 e. The summed E-state index contributed by atoms with van der Waals surface area (Å²) in [5, 5.41) is 13.7. The van der Waals surface area contributed by atoms with Crippen LogP contribution in [0.5, 0.6) is 0 Å². The van der Waals surface area contributed by atoms with Crippen molar-refractivity contribution < 1.29 is 14.6 Å². The van der Waals surface area contributed by atoms with Gasteiger partial charge in [0.25, 0.3) is 0 Å². The smallest absolute Gasteiger partial charge is 0.249 e. The third-order valence-corrected chi connectivity index (χ3v) is 4.96. The Morgan fingerprint density at radius 1 is 1.33 bits per heavy atom. The van der Waals surface area contributed by atoms with Gasteiger partial charge >= 0.3 is 0 Å². The zero-order valence-corrected chi connectivity index (χ0v) is 13.4. The van der Waals surface area contributed by atoms with E-state index in [1.807, 2.05) is 0 Å². The van der Waals surface area contributed by atoms with Crippen LogP contribution in [-0.2, 0) is 9.53 Å². The molecule has 122 valence electrons. The van der Waals surface area contributed by atoms with Crippen LogP contribution in [0.25, 0.3) is 0 Å². The van der Waals surface area contributed by atoms with Crippen LogP contribution < -0.4 is 5.32 Å². The first-order valence-corrected chi connectivity index (χ1v) is 8.30. The molecule has 0 aromatic carbocycles. The molecule has 5 heteroatoms. The van der Waals surface area contributed by atoms with Crippen LogP contribution in [0.3, 0.4) is 0 Å². The molecule has 0 bridgehead atoms. The van der Waals surface area contributed by atoms with E-state index in [0.29, 0.717) is 0 Å². The third kappa shape index (κ3) is 4.94. The lowest BCUT2D eigenvalue weighted by atomic mass is 9.84. The molecule has 2 N–H and O–H groups in total. The Balaban J connectivity index is 1.71. The van der Waals surface area contributed by atoms with Gasteiger partial charge in [-0.05, 0) is 32.6 Å². The predicted octanol–water partition coefficient (Wildman–Crippen LogP) is 1.30. The van der Waals surface area contributed by atoms with E-state index in [4.69, 9.17) is 4.74 Å². The highest BCUT2D eigenvalue weighted by Gasteiger charge is 2.33. The summed E-state index contributed by atoms with van der Waals surface area (Å²) in [5.74, 6) is -0.0261. The van der Waals surface area contributed by atoms with Crippen LogP contribution in [0.4, 0.5) is 0 Å². The van der Waals surface area contributed by atoms with Crippen LogP contribution in [0, 0.1) is 0 Å². The highest BCUT2D eigenvalue weighted by atomic mass is 16.5. The van der Waals surface area contributed by atoms with Crippen LogP contribution in [-0.4, -0.2) is 60.4 Å². The zero-order valence-electron chi connectivity index (χ0n) is 13.4. The Bertz CT molecular complexity index is 334. The van der Waals surface area contributed by atoms with Crippen molar-refractivity contribution in [1.82, 2.24) is 10.2 Å². The monoisotopic (exact) mass is 298 g/mol. The van der Waals surface area contributed by atoms with Gasteiger partial charge in [-0.3, -0.25) is 4.79 Å². The summed E-state index contributed by atoms with van der Waals surface area (Å²) in [5.41, 5.74) is -0.473. The maximum absolute atomic E-state index is 11.8. The molecular formula is C16H30N2O3. The number of rotatable bonds is 5. The maximum atomic E-state index is 11.8. The number of methoxy groups -OCH3 is 1. The van der Waals surface area contributed by atoms with Crippen molar-refractivity contribution in [2.45, 2.75) is 69.6 Å². The number of aliphatic hydroxyl groups is 1. The van der Waals surface area contributed by atoms with Crippen molar-refractivity contribution in [3.05, 3.63) is 0 Å². The van der Waals surface area contributed by atoms with E-state index in [-0.39, 0.29) is 18.1 Å². The Morgan fingerprint density at radius 3 is 2.52 bits per heavy atom. The molecular weight excluding hydrogens is 268 g/mol. The minimum atomic E-state index is -0.473. The number of hydrogen-bond donors (Lipinski definition) is 2. The highest BCUT2D eigenvalue weighted by Crippen LogP contribution is 2.29. The van der Waals surface area contributed by atoms with E-state index >= 15 is 0 Å². The molecule has 5 nitrogen and oxygen atoms in total. The number of amides is 1. The lowest BCUT2D eigenvalue weighted by Gasteiger charge is -2.40. The number of β-amino-alcohol motifs (C(OH)–C–C–N with tert-alkyl or cyclic N) is 1. The minimum absolute atomic E-state index is 0.0261. The van der Waals surface area contributed by atoms with Gasteiger partial charge in [0.05, 0.1) is 5.60 Å². The normalized spacial score (nSPS) is 25.5. The van der Waals surface area contributed by atoms with E-state index in [2.05, 4.69) is 10.2 Å². The summed E-state index contributed by atoms with van der Waals surface area (Å²) < 4.78 is 5.03. The summed E-state index contributed by atoms with van der Waals surface area (Å²) in [4.78, 5) is 14.2. The van der Waals surface area contributed by atoms with Crippen molar-refractivity contribution in [2.75, 3.05) is 26.7 Å². The minimum Gasteiger partial charge on any atom is -0.389 e. The van der Waals surface area contributed by atoms with Crippen molar-refractivity contribution in [2.24, 2.45) is 0 Å². The molecule has 1 saturated heterocycles. The van der Waals surface area contributed by atoms with Gasteiger partial charge in [-0.15, -0.1) is 0 Å². The van der Waals surface area contributed by atoms with Crippen LogP contribution in [0.2, 0.25) is 0 Å². The molecule has 0 aromatic rings. The zero-order chi connectivity index (χ0) is 15.3. The number of piperidine rings is 1. The molecule has 2 rings (SSSR count). The topological polar surface area (TPSA) is 61.8 Å². The first-order valence-electron chi connectivity index (χ1n) is 8.30.